The number of aliphatic hydroxyl groups excluding tert-OH is 1. The van der Waals surface area contributed by atoms with E-state index in [1.165, 1.54) is 5.56 Å². The lowest BCUT2D eigenvalue weighted by Crippen LogP contribution is -2.44. The Kier molecular flexibility index (Phi) is 4.32. The highest BCUT2D eigenvalue weighted by molar-refractivity contribution is 5.99. The van der Waals surface area contributed by atoms with Gasteiger partial charge >= 0.3 is 0 Å². The standard InChI is InChI=1S/C23H30O4/c1-23-10-9-16-15-6-5-14(27-22-4-2-3-11-26-22)12-18(15)20(24)13-17(16)19(23)7-8-21(23)25/h5-6,12,16-17,19,21-22,25H,2-4,7-11,13H2,1H3/t16?,17?,19?,21-,22?,23-/m0/s1. The fraction of sp³-hybridized carbons (Fsp3) is 0.696. The maximum Gasteiger partial charge on any atom is 0.199 e. The second-order valence-electron chi connectivity index (χ2n) is 9.30. The molecule has 4 heteroatoms. The van der Waals surface area contributed by atoms with Gasteiger partial charge in [-0.1, -0.05) is 13.0 Å². The minimum absolute atomic E-state index is 0.000320. The zero-order chi connectivity index (χ0) is 18.6. The van der Waals surface area contributed by atoms with E-state index < -0.39 is 0 Å². The smallest absolute Gasteiger partial charge is 0.199 e. The van der Waals surface area contributed by atoms with E-state index in [0.717, 1.165) is 62.9 Å². The van der Waals surface area contributed by atoms with Gasteiger partial charge in [0.2, 0.25) is 0 Å². The molecule has 6 atom stereocenters. The van der Waals surface area contributed by atoms with Gasteiger partial charge in [0.1, 0.15) is 5.75 Å². The molecule has 27 heavy (non-hydrogen) atoms. The number of fused-ring (bicyclic) bond motifs is 5. The highest BCUT2D eigenvalue weighted by atomic mass is 16.7. The van der Waals surface area contributed by atoms with Crippen molar-refractivity contribution < 1.29 is 19.4 Å². The number of aliphatic hydroxyl groups is 1. The summed E-state index contributed by atoms with van der Waals surface area (Å²) >= 11 is 0. The molecule has 4 unspecified atom stereocenters. The Morgan fingerprint density at radius 3 is 2.89 bits per heavy atom. The predicted molar refractivity (Wildman–Crippen MR) is 102 cm³/mol. The normalized spacial score (nSPS) is 40.8. The summed E-state index contributed by atoms with van der Waals surface area (Å²) in [4.78, 5) is 13.0. The zero-order valence-corrected chi connectivity index (χ0v) is 16.2. The fourth-order valence-electron chi connectivity index (χ4n) is 6.38. The van der Waals surface area contributed by atoms with Crippen molar-refractivity contribution in [2.45, 2.75) is 76.6 Å². The van der Waals surface area contributed by atoms with Gasteiger partial charge in [0.15, 0.2) is 12.1 Å². The minimum atomic E-state index is -0.203. The lowest BCUT2D eigenvalue weighted by atomic mass is 9.55. The summed E-state index contributed by atoms with van der Waals surface area (Å²) in [6, 6.07) is 6.09. The minimum Gasteiger partial charge on any atom is -0.465 e. The summed E-state index contributed by atoms with van der Waals surface area (Å²) in [5.41, 5.74) is 2.06. The molecule has 0 bridgehead atoms. The lowest BCUT2D eigenvalue weighted by Gasteiger charge is -2.49. The lowest BCUT2D eigenvalue weighted by molar-refractivity contribution is -0.105. The van der Waals surface area contributed by atoms with Crippen molar-refractivity contribution in [1.29, 1.82) is 0 Å². The molecule has 1 N–H and O–H groups in total. The molecular weight excluding hydrogens is 340 g/mol. The molecule has 2 saturated carbocycles. The molecule has 3 fully saturated rings. The first-order valence-electron chi connectivity index (χ1n) is 10.7. The van der Waals surface area contributed by atoms with Crippen molar-refractivity contribution in [3.63, 3.8) is 0 Å². The highest BCUT2D eigenvalue weighted by Gasteiger charge is 2.55. The maximum atomic E-state index is 13.0. The van der Waals surface area contributed by atoms with Gasteiger partial charge in [-0.15, -0.1) is 0 Å². The van der Waals surface area contributed by atoms with Crippen molar-refractivity contribution in [2.24, 2.45) is 17.3 Å². The van der Waals surface area contributed by atoms with Crippen LogP contribution in [0, 0.1) is 17.3 Å². The average molecular weight is 370 g/mol. The van der Waals surface area contributed by atoms with E-state index in [1.54, 1.807) is 0 Å². The number of carbonyl (C=O) groups excluding carboxylic acids is 1. The van der Waals surface area contributed by atoms with Crippen LogP contribution < -0.4 is 4.74 Å². The van der Waals surface area contributed by atoms with Crippen molar-refractivity contribution in [3.8, 4) is 5.75 Å². The quantitative estimate of drug-likeness (QED) is 0.836. The van der Waals surface area contributed by atoms with E-state index in [0.29, 0.717) is 24.2 Å². The van der Waals surface area contributed by atoms with Crippen LogP contribution in [0.15, 0.2) is 18.2 Å². The zero-order valence-electron chi connectivity index (χ0n) is 16.2. The number of hydrogen-bond donors (Lipinski definition) is 1. The van der Waals surface area contributed by atoms with Crippen LogP contribution in [0.25, 0.3) is 0 Å². The Morgan fingerprint density at radius 1 is 1.19 bits per heavy atom. The van der Waals surface area contributed by atoms with Crippen LogP contribution in [0.5, 0.6) is 5.75 Å². The Hall–Kier alpha value is -1.39. The van der Waals surface area contributed by atoms with Crippen molar-refractivity contribution in [3.05, 3.63) is 29.3 Å². The first-order chi connectivity index (χ1) is 13.1. The van der Waals surface area contributed by atoms with E-state index in [-0.39, 0.29) is 23.6 Å². The predicted octanol–water partition coefficient (Wildman–Crippen LogP) is 4.45. The van der Waals surface area contributed by atoms with E-state index >= 15 is 0 Å². The average Bonchev–Trinajstić information content (AvgIpc) is 2.98. The van der Waals surface area contributed by atoms with Crippen LogP contribution in [0.1, 0.15) is 80.1 Å². The summed E-state index contributed by atoms with van der Waals surface area (Å²) in [6.45, 7) is 3.00. The summed E-state index contributed by atoms with van der Waals surface area (Å²) in [6.07, 6.45) is 7.45. The molecule has 1 saturated heterocycles. The molecule has 4 nitrogen and oxygen atoms in total. The van der Waals surface area contributed by atoms with Gasteiger partial charge in [-0.25, -0.2) is 0 Å². The SMILES string of the molecule is C[C@]12CCC3c4ccc(OC5CCCCO5)cc4C(=O)CC3C1CC[C@@H]2O. The Labute approximate surface area is 161 Å². The summed E-state index contributed by atoms with van der Waals surface area (Å²) < 4.78 is 11.7. The third-order valence-corrected chi connectivity index (χ3v) is 7.94. The topological polar surface area (TPSA) is 55.8 Å². The molecule has 0 amide bonds. The monoisotopic (exact) mass is 370 g/mol. The highest BCUT2D eigenvalue weighted by Crippen LogP contribution is 2.60. The molecule has 1 heterocycles. The van der Waals surface area contributed by atoms with E-state index in [4.69, 9.17) is 9.47 Å². The van der Waals surface area contributed by atoms with Gasteiger partial charge < -0.3 is 14.6 Å². The van der Waals surface area contributed by atoms with Crippen LogP contribution in [-0.2, 0) is 4.74 Å². The van der Waals surface area contributed by atoms with Gasteiger partial charge in [0.05, 0.1) is 12.7 Å². The Morgan fingerprint density at radius 2 is 2.07 bits per heavy atom. The molecule has 1 aromatic rings. The van der Waals surface area contributed by atoms with Crippen LogP contribution in [0.3, 0.4) is 0 Å². The second-order valence-corrected chi connectivity index (χ2v) is 9.30. The Bertz CT molecular complexity index is 738. The molecule has 1 aromatic carbocycles. The summed E-state index contributed by atoms with van der Waals surface area (Å²) in [5.74, 6) is 2.29. The molecule has 4 aliphatic rings. The van der Waals surface area contributed by atoms with E-state index in [2.05, 4.69) is 13.0 Å². The molecule has 5 rings (SSSR count). The molecule has 1 aliphatic heterocycles. The van der Waals surface area contributed by atoms with Crippen LogP contribution in [0.2, 0.25) is 0 Å². The number of carbonyl (C=O) groups is 1. The van der Waals surface area contributed by atoms with Crippen molar-refractivity contribution in [2.75, 3.05) is 6.61 Å². The van der Waals surface area contributed by atoms with Crippen LogP contribution >= 0.6 is 0 Å². The van der Waals surface area contributed by atoms with Crippen molar-refractivity contribution >= 4 is 5.78 Å². The molecule has 146 valence electrons. The second kappa shape index (κ2) is 6.59. The fourth-order valence-corrected chi connectivity index (χ4v) is 6.38. The van der Waals surface area contributed by atoms with E-state index in [1.807, 2.05) is 12.1 Å². The first-order valence-corrected chi connectivity index (χ1v) is 10.7. The number of ether oxygens (including phenoxy) is 2. The Balaban J connectivity index is 1.41. The number of rotatable bonds is 2. The number of ketones is 1. The van der Waals surface area contributed by atoms with Gasteiger partial charge in [0, 0.05) is 18.4 Å². The molecule has 0 aromatic heterocycles. The third-order valence-electron chi connectivity index (χ3n) is 7.94. The van der Waals surface area contributed by atoms with Crippen molar-refractivity contribution in [1.82, 2.24) is 0 Å². The third kappa shape index (κ3) is 2.84. The summed E-state index contributed by atoms with van der Waals surface area (Å²) in [5, 5.41) is 10.5. The van der Waals surface area contributed by atoms with Gasteiger partial charge in [0.25, 0.3) is 0 Å². The van der Waals surface area contributed by atoms with E-state index in [9.17, 15) is 9.90 Å². The summed E-state index contributed by atoms with van der Waals surface area (Å²) in [7, 11) is 0. The molecular formula is C23H30O4. The van der Waals surface area contributed by atoms with Crippen LogP contribution in [-0.4, -0.2) is 29.9 Å². The maximum absolute atomic E-state index is 13.0. The first kappa shape index (κ1) is 17.7. The molecule has 0 radical (unpaired) electrons. The largest absolute Gasteiger partial charge is 0.465 e. The van der Waals surface area contributed by atoms with Gasteiger partial charge in [-0.05, 0) is 79.4 Å². The number of hydrogen-bond acceptors (Lipinski definition) is 4. The van der Waals surface area contributed by atoms with Gasteiger partial charge in [-0.3, -0.25) is 4.79 Å². The van der Waals surface area contributed by atoms with Gasteiger partial charge in [-0.2, -0.15) is 0 Å². The number of benzene rings is 1. The molecule has 3 aliphatic carbocycles. The van der Waals surface area contributed by atoms with Crippen LogP contribution in [0.4, 0.5) is 0 Å². The number of Topliss-reactive ketones (excluding diaryl/α,β-unsaturated/α-hetero) is 1. The molecule has 0 spiro atoms.